The summed E-state index contributed by atoms with van der Waals surface area (Å²) in [5.41, 5.74) is 4.50. The van der Waals surface area contributed by atoms with Crippen molar-refractivity contribution in [3.05, 3.63) is 89.1 Å². The first-order chi connectivity index (χ1) is 21.5. The lowest BCUT2D eigenvalue weighted by atomic mass is 9.93. The average Bonchev–Trinajstić information content (AvgIpc) is 3.38. The highest BCUT2D eigenvalue weighted by Crippen LogP contribution is 2.29. The van der Waals surface area contributed by atoms with Gasteiger partial charge >= 0.3 is 0 Å². The standard InChI is InChI=1S/C33H41FN6O3S/c1-2-40-30-13-12-24(21-32(41)35-16-5-6-19-44-38-42)20-29(30)36-31(40)22-39-17-14-25(15-18-39)28-10-7-11-33(37-28)43-23-26-8-3-4-9-27(26)34/h3-4,7-13,20,25,38,42H,2,5-6,14-19,21-23H2,1H3,(H,35,41). The minimum absolute atomic E-state index is 0.00647. The molecule has 3 N–H and O–H groups in total. The van der Waals surface area contributed by atoms with Crippen molar-refractivity contribution in [1.82, 2.24) is 29.6 Å². The molecule has 1 aliphatic rings. The van der Waals surface area contributed by atoms with Gasteiger partial charge in [0.25, 0.3) is 0 Å². The number of aryl methyl sites for hydroxylation is 1. The lowest BCUT2D eigenvalue weighted by Crippen LogP contribution is -2.33. The molecule has 2 aromatic heterocycles. The topological polar surface area (TPSA) is 105 Å². The van der Waals surface area contributed by atoms with Crippen LogP contribution in [0, 0.1) is 5.82 Å². The number of hydrogen-bond donors (Lipinski definition) is 3. The fourth-order valence-electron chi connectivity index (χ4n) is 5.72. The molecular weight excluding hydrogens is 579 g/mol. The SMILES string of the molecule is CCn1c(CN2CCC(c3cccc(OCc4ccccc4F)n3)CC2)nc2cc(CC(=O)NCCCCSNO)ccc21. The van der Waals surface area contributed by atoms with Crippen molar-refractivity contribution in [2.75, 3.05) is 25.4 Å². The van der Waals surface area contributed by atoms with Gasteiger partial charge in [-0.3, -0.25) is 9.69 Å². The van der Waals surface area contributed by atoms with E-state index in [4.69, 9.17) is 19.9 Å². The second-order valence-electron chi connectivity index (χ2n) is 11.1. The van der Waals surface area contributed by atoms with E-state index < -0.39 is 0 Å². The number of benzene rings is 2. The summed E-state index contributed by atoms with van der Waals surface area (Å²) in [5, 5.41) is 11.6. The minimum atomic E-state index is -0.272. The molecule has 1 aliphatic heterocycles. The van der Waals surface area contributed by atoms with Crippen molar-refractivity contribution in [3.63, 3.8) is 0 Å². The number of aromatic nitrogens is 3. The second-order valence-corrected chi connectivity index (χ2v) is 12.0. The van der Waals surface area contributed by atoms with Gasteiger partial charge in [0.2, 0.25) is 11.8 Å². The number of ether oxygens (including phenoxy) is 1. The molecule has 0 bridgehead atoms. The first kappa shape index (κ1) is 31.9. The predicted molar refractivity (Wildman–Crippen MR) is 171 cm³/mol. The van der Waals surface area contributed by atoms with Gasteiger partial charge in [-0.05, 0) is 75.5 Å². The van der Waals surface area contributed by atoms with Crippen LogP contribution in [0.15, 0.2) is 60.7 Å². The Hall–Kier alpha value is -3.51. The number of nitrogens with zero attached hydrogens (tertiary/aromatic N) is 4. The van der Waals surface area contributed by atoms with Crippen LogP contribution in [0.3, 0.4) is 0 Å². The van der Waals surface area contributed by atoms with Crippen LogP contribution in [0.2, 0.25) is 0 Å². The molecule has 0 unspecified atom stereocenters. The molecule has 1 amide bonds. The van der Waals surface area contributed by atoms with Crippen LogP contribution in [-0.2, 0) is 30.9 Å². The number of hydrogen-bond acceptors (Lipinski definition) is 8. The number of nitrogens with one attached hydrogen (secondary N) is 2. The molecule has 44 heavy (non-hydrogen) atoms. The summed E-state index contributed by atoms with van der Waals surface area (Å²) in [6, 6.07) is 18.6. The molecule has 4 aromatic rings. The van der Waals surface area contributed by atoms with Crippen LogP contribution in [0.25, 0.3) is 11.0 Å². The Kier molecular flexibility index (Phi) is 11.6. The third-order valence-corrected chi connectivity index (χ3v) is 8.70. The third-order valence-electron chi connectivity index (χ3n) is 8.08. The summed E-state index contributed by atoms with van der Waals surface area (Å²) in [6.07, 6.45) is 4.10. The summed E-state index contributed by atoms with van der Waals surface area (Å²) >= 11 is 1.25. The van der Waals surface area contributed by atoms with Crippen molar-refractivity contribution < 1.29 is 19.1 Å². The summed E-state index contributed by atoms with van der Waals surface area (Å²) in [5.74, 6) is 2.44. The van der Waals surface area contributed by atoms with E-state index in [1.807, 2.05) is 24.3 Å². The normalized spacial score (nSPS) is 14.2. The van der Waals surface area contributed by atoms with E-state index >= 15 is 0 Å². The fourth-order valence-corrected chi connectivity index (χ4v) is 6.16. The highest BCUT2D eigenvalue weighted by Gasteiger charge is 2.24. The van der Waals surface area contributed by atoms with E-state index in [0.29, 0.717) is 30.3 Å². The highest BCUT2D eigenvalue weighted by atomic mass is 32.2. The number of amides is 1. The molecule has 0 saturated carbocycles. The number of likely N-dealkylation sites (tertiary alicyclic amines) is 1. The van der Waals surface area contributed by atoms with Gasteiger partial charge in [-0.2, -0.15) is 0 Å². The molecule has 9 nitrogen and oxygen atoms in total. The van der Waals surface area contributed by atoms with Crippen molar-refractivity contribution in [3.8, 4) is 5.88 Å². The van der Waals surface area contributed by atoms with Crippen LogP contribution >= 0.6 is 11.9 Å². The quantitative estimate of drug-likeness (QED) is 0.0895. The maximum Gasteiger partial charge on any atom is 0.224 e. The molecule has 234 valence electrons. The molecular formula is C33H41FN6O3S. The van der Waals surface area contributed by atoms with Gasteiger partial charge in [-0.1, -0.05) is 42.3 Å². The van der Waals surface area contributed by atoms with E-state index in [-0.39, 0.29) is 18.3 Å². The van der Waals surface area contributed by atoms with Crippen molar-refractivity contribution >= 4 is 28.9 Å². The number of carbonyl (C=O) groups excluding carboxylic acids is 1. The Morgan fingerprint density at radius 3 is 2.73 bits per heavy atom. The number of rotatable bonds is 15. The number of carbonyl (C=O) groups is 1. The second kappa shape index (κ2) is 16.0. The van der Waals surface area contributed by atoms with Gasteiger partial charge in [0.05, 0.1) is 24.0 Å². The molecule has 0 radical (unpaired) electrons. The summed E-state index contributed by atoms with van der Waals surface area (Å²) in [7, 11) is 0. The van der Waals surface area contributed by atoms with E-state index in [0.717, 1.165) is 85.7 Å². The Morgan fingerprint density at radius 1 is 1.09 bits per heavy atom. The van der Waals surface area contributed by atoms with Crippen LogP contribution in [-0.4, -0.2) is 55.9 Å². The number of halogens is 1. The van der Waals surface area contributed by atoms with Gasteiger partial charge in [0.15, 0.2) is 0 Å². The lowest BCUT2D eigenvalue weighted by Gasteiger charge is -2.31. The first-order valence-electron chi connectivity index (χ1n) is 15.3. The van der Waals surface area contributed by atoms with Crippen molar-refractivity contribution in [2.45, 2.75) is 64.6 Å². The zero-order valence-corrected chi connectivity index (χ0v) is 26.0. The van der Waals surface area contributed by atoms with Crippen LogP contribution in [0.1, 0.15) is 61.2 Å². The molecule has 0 spiro atoms. The number of piperidine rings is 1. The first-order valence-corrected chi connectivity index (χ1v) is 16.3. The lowest BCUT2D eigenvalue weighted by molar-refractivity contribution is -0.120. The molecule has 2 aromatic carbocycles. The van der Waals surface area contributed by atoms with Crippen LogP contribution in [0.5, 0.6) is 5.88 Å². The van der Waals surface area contributed by atoms with Gasteiger partial charge in [-0.15, -0.1) is 4.89 Å². The zero-order valence-electron chi connectivity index (χ0n) is 25.2. The Balaban J connectivity index is 1.13. The van der Waals surface area contributed by atoms with E-state index in [1.165, 1.54) is 18.0 Å². The van der Waals surface area contributed by atoms with Gasteiger partial charge in [0, 0.05) is 42.1 Å². The molecule has 1 saturated heterocycles. The number of imidazole rings is 1. The summed E-state index contributed by atoms with van der Waals surface area (Å²) in [6.45, 7) is 6.41. The number of unbranched alkanes of at least 4 members (excludes halogenated alkanes) is 1. The van der Waals surface area contributed by atoms with Crippen LogP contribution < -0.4 is 14.9 Å². The highest BCUT2D eigenvalue weighted by molar-refractivity contribution is 7.97. The Morgan fingerprint density at radius 2 is 1.93 bits per heavy atom. The van der Waals surface area contributed by atoms with Gasteiger partial charge in [-0.25, -0.2) is 14.4 Å². The van der Waals surface area contributed by atoms with Gasteiger partial charge in [0.1, 0.15) is 18.2 Å². The number of fused-ring (bicyclic) bond motifs is 1. The molecule has 1 fully saturated rings. The zero-order chi connectivity index (χ0) is 30.7. The molecule has 11 heteroatoms. The molecule has 3 heterocycles. The largest absolute Gasteiger partial charge is 0.473 e. The van der Waals surface area contributed by atoms with E-state index in [2.05, 4.69) is 38.7 Å². The van der Waals surface area contributed by atoms with Crippen molar-refractivity contribution in [2.24, 2.45) is 0 Å². The van der Waals surface area contributed by atoms with E-state index in [1.54, 1.807) is 18.2 Å². The van der Waals surface area contributed by atoms with Gasteiger partial charge < -0.3 is 19.8 Å². The molecule has 0 aliphatic carbocycles. The van der Waals surface area contributed by atoms with E-state index in [9.17, 15) is 9.18 Å². The smallest absolute Gasteiger partial charge is 0.224 e. The predicted octanol–water partition coefficient (Wildman–Crippen LogP) is 5.61. The number of pyridine rings is 1. The summed E-state index contributed by atoms with van der Waals surface area (Å²) in [4.78, 5) is 26.7. The molecule has 0 atom stereocenters. The maximum atomic E-state index is 14.0. The third kappa shape index (κ3) is 8.56. The Labute approximate surface area is 262 Å². The van der Waals surface area contributed by atoms with Crippen molar-refractivity contribution in [1.29, 1.82) is 0 Å². The monoisotopic (exact) mass is 620 g/mol. The Bertz CT molecular complexity index is 1520. The average molecular weight is 621 g/mol. The maximum absolute atomic E-state index is 14.0. The fraction of sp³-hybridized carbons (Fsp3) is 0.424. The minimum Gasteiger partial charge on any atom is -0.473 e. The van der Waals surface area contributed by atoms with Crippen LogP contribution in [0.4, 0.5) is 4.39 Å². The summed E-state index contributed by atoms with van der Waals surface area (Å²) < 4.78 is 22.1. The molecule has 5 rings (SSSR count).